The third-order valence-electron chi connectivity index (χ3n) is 10.4. The number of guanidine groups is 1. The summed E-state index contributed by atoms with van der Waals surface area (Å²) in [5.74, 6) is -12.0. The van der Waals surface area contributed by atoms with Crippen LogP contribution in [-0.4, -0.2) is 161 Å². The van der Waals surface area contributed by atoms with Crippen LogP contribution in [0.5, 0.6) is 0 Å². The van der Waals surface area contributed by atoms with E-state index in [2.05, 4.69) is 72.8 Å². The summed E-state index contributed by atoms with van der Waals surface area (Å²) >= 11 is 0. The van der Waals surface area contributed by atoms with Gasteiger partial charge in [0.25, 0.3) is 11.5 Å². The van der Waals surface area contributed by atoms with Crippen molar-refractivity contribution < 1.29 is 63.3 Å². The molecule has 0 aliphatic carbocycles. The number of carbonyl (C=O) groups is 10. The van der Waals surface area contributed by atoms with Gasteiger partial charge >= 0.3 is 17.9 Å². The quantitative estimate of drug-likeness (QED) is 0.0101. The molecule has 3 aromatic heterocycles. The van der Waals surface area contributed by atoms with Crippen molar-refractivity contribution in [1.82, 2.24) is 67.5 Å². The number of nitrogens with zero attached hydrogens (tertiary/aromatic N) is 4. The van der Waals surface area contributed by atoms with Crippen molar-refractivity contribution in [2.45, 2.75) is 87.2 Å². The Balaban J connectivity index is 1.32. The van der Waals surface area contributed by atoms with Crippen molar-refractivity contribution in [3.05, 3.63) is 76.5 Å². The summed E-state index contributed by atoms with van der Waals surface area (Å²) < 4.78 is 0. The molecule has 0 saturated carbocycles. The van der Waals surface area contributed by atoms with E-state index in [0.717, 1.165) is 21.6 Å². The van der Waals surface area contributed by atoms with Crippen LogP contribution >= 0.6 is 21.6 Å². The van der Waals surface area contributed by atoms with E-state index in [0.29, 0.717) is 22.0 Å². The van der Waals surface area contributed by atoms with Gasteiger partial charge in [0.1, 0.15) is 41.8 Å². The SMILES string of the molecule is C[C@H](NC(=O)CCCNC(=O)c1ccc(NCc2cnc3nc(N)[nH]c(=O)c3n2)cc1)C(=O)N[C@@H](CCCNC(=N)N)C(=O)N[C@@H](CC(=O)O)C(=O)N[C@@H](CC(=O)O)C(=O)N[C@H](CSSc1ccccn1)C(=O)NCC(=O)O. The maximum Gasteiger partial charge on any atom is 0.322 e. The molecule has 3 heterocycles. The fourth-order valence-electron chi connectivity index (χ4n) is 6.63. The number of amides is 7. The number of fused-ring (bicyclic) bond motifs is 1. The number of nitrogens with one attached hydrogen (secondary N) is 11. The van der Waals surface area contributed by atoms with Crippen LogP contribution in [0.3, 0.4) is 0 Å². The Morgan fingerprint density at radius 3 is 1.96 bits per heavy atom. The molecule has 0 fully saturated rings. The molecular weight excluding hydrogens is 1070 g/mol. The van der Waals surface area contributed by atoms with Crippen LogP contribution in [0.15, 0.2) is 64.7 Å². The molecule has 33 heteroatoms. The first-order valence-electron chi connectivity index (χ1n) is 23.4. The van der Waals surface area contributed by atoms with E-state index in [9.17, 15) is 63.0 Å². The summed E-state index contributed by atoms with van der Waals surface area (Å²) in [6.07, 6.45) is 0.573. The number of hydrogen-bond donors (Lipinski definition) is 16. The number of rotatable bonds is 32. The standard InChI is InChI=1S/C45H57N17O14S2/c1-22(55-30(63)7-5-14-50-38(71)23-9-11-24(12-10-23)52-18-25-19-53-36-35(56-25)43(76)62-45(48)61-36)37(70)57-26(6-4-15-51-44(46)47)40(73)58-27(16-32(64)65)41(74)59-28(17-33(66)67)42(75)60-29(39(72)54-20-34(68)69)21-77-78-31-8-2-3-13-49-31/h2-3,8-13,19,22,26-29,52H,4-7,14-18,20-21H2,1H3,(H,50,71)(H,54,72)(H,55,63)(H,57,70)(H,58,73)(H,59,74)(H,60,75)(H,64,65)(H,66,67)(H,68,69)(H4,46,47,51)(H3,48,53,61,62,76)/t22-,26-,27-,28-,29+/m0/s1. The van der Waals surface area contributed by atoms with Crippen LogP contribution in [0.25, 0.3) is 11.2 Å². The Kier molecular flexibility index (Phi) is 24.4. The molecule has 0 aliphatic rings. The number of pyridine rings is 1. The van der Waals surface area contributed by atoms with E-state index in [1.54, 1.807) is 42.5 Å². The van der Waals surface area contributed by atoms with Gasteiger partial charge in [-0.05, 0) is 73.4 Å². The average Bonchev–Trinajstić information content (AvgIpc) is 3.39. The number of hydrogen-bond acceptors (Lipinski definition) is 20. The highest BCUT2D eigenvalue weighted by Crippen LogP contribution is 2.29. The molecule has 31 nitrogen and oxygen atoms in total. The third kappa shape index (κ3) is 21.6. The van der Waals surface area contributed by atoms with Crippen molar-refractivity contribution in [1.29, 1.82) is 5.41 Å². The number of H-pyrrole nitrogens is 1. The van der Waals surface area contributed by atoms with Gasteiger partial charge in [-0.25, -0.2) is 15.0 Å². The van der Waals surface area contributed by atoms with Gasteiger partial charge in [-0.15, -0.1) is 0 Å². The van der Waals surface area contributed by atoms with Crippen LogP contribution < -0.4 is 64.9 Å². The molecule has 4 aromatic rings. The monoisotopic (exact) mass is 1120 g/mol. The second kappa shape index (κ2) is 31.0. The lowest BCUT2D eigenvalue weighted by Gasteiger charge is -2.26. The lowest BCUT2D eigenvalue weighted by atomic mass is 10.1. The number of anilines is 2. The Morgan fingerprint density at radius 1 is 0.718 bits per heavy atom. The zero-order valence-electron chi connectivity index (χ0n) is 41.5. The molecule has 0 bridgehead atoms. The molecule has 18 N–H and O–H groups in total. The van der Waals surface area contributed by atoms with Gasteiger partial charge in [0.15, 0.2) is 17.1 Å². The number of nitrogen functional groups attached to an aromatic ring is 1. The highest BCUT2D eigenvalue weighted by Gasteiger charge is 2.34. The number of carboxylic acids is 3. The van der Waals surface area contributed by atoms with E-state index in [-0.39, 0.29) is 68.2 Å². The highest BCUT2D eigenvalue weighted by atomic mass is 33.1. The summed E-state index contributed by atoms with van der Waals surface area (Å²) in [5.41, 5.74) is 11.9. The minimum Gasteiger partial charge on any atom is -0.481 e. The van der Waals surface area contributed by atoms with E-state index in [1.165, 1.54) is 19.3 Å². The molecule has 418 valence electrons. The normalized spacial score (nSPS) is 12.7. The lowest BCUT2D eigenvalue weighted by Crippen LogP contribution is -2.60. The number of aromatic amines is 1. The topological polar surface area (TPSA) is 500 Å². The Labute approximate surface area is 450 Å². The molecule has 0 radical (unpaired) electrons. The number of aromatic nitrogens is 5. The van der Waals surface area contributed by atoms with Crippen LogP contribution in [0.2, 0.25) is 0 Å². The van der Waals surface area contributed by atoms with Crippen molar-refractivity contribution in [3.8, 4) is 0 Å². The molecular formula is C45H57N17O14S2. The molecule has 78 heavy (non-hydrogen) atoms. The van der Waals surface area contributed by atoms with Gasteiger partial charge in [-0.3, -0.25) is 63.1 Å². The maximum absolute atomic E-state index is 13.8. The van der Waals surface area contributed by atoms with E-state index >= 15 is 0 Å². The van der Waals surface area contributed by atoms with Crippen molar-refractivity contribution in [3.63, 3.8) is 0 Å². The van der Waals surface area contributed by atoms with Crippen LogP contribution in [0.1, 0.15) is 61.5 Å². The van der Waals surface area contributed by atoms with Crippen LogP contribution in [0.4, 0.5) is 11.6 Å². The Morgan fingerprint density at radius 2 is 1.35 bits per heavy atom. The molecule has 4 rings (SSSR count). The summed E-state index contributed by atoms with van der Waals surface area (Å²) in [6, 6.07) is 3.14. The molecule has 7 amide bonds. The Hall–Kier alpha value is -9.14. The molecule has 0 aliphatic heterocycles. The molecule has 1 aromatic carbocycles. The van der Waals surface area contributed by atoms with Gasteiger partial charge < -0.3 is 74.6 Å². The Bertz CT molecular complexity index is 2880. The van der Waals surface area contributed by atoms with Crippen molar-refractivity contribution in [2.24, 2.45) is 5.73 Å². The van der Waals surface area contributed by atoms with Gasteiger partial charge in [0, 0.05) is 42.7 Å². The molecule has 0 saturated heterocycles. The second-order valence-corrected chi connectivity index (χ2v) is 19.0. The smallest absolute Gasteiger partial charge is 0.322 e. The molecule has 0 spiro atoms. The van der Waals surface area contributed by atoms with Crippen LogP contribution in [-0.2, 0) is 49.7 Å². The fourth-order valence-corrected chi connectivity index (χ4v) is 8.70. The van der Waals surface area contributed by atoms with Crippen LogP contribution in [0, 0.1) is 5.41 Å². The summed E-state index contributed by atoms with van der Waals surface area (Å²) in [6.45, 7) is 0.739. The maximum atomic E-state index is 13.8. The minimum atomic E-state index is -2.00. The number of aliphatic carboxylic acids is 3. The average molecular weight is 1120 g/mol. The molecule has 5 atom stereocenters. The van der Waals surface area contributed by atoms with Gasteiger partial charge in [-0.1, -0.05) is 16.9 Å². The summed E-state index contributed by atoms with van der Waals surface area (Å²) in [4.78, 5) is 159. The predicted octanol–water partition coefficient (Wildman–Crippen LogP) is -2.89. The number of carbonyl (C=O) groups excluding carboxylic acids is 7. The van der Waals surface area contributed by atoms with Crippen molar-refractivity contribution in [2.75, 3.05) is 36.4 Å². The van der Waals surface area contributed by atoms with E-state index in [4.69, 9.17) is 22.0 Å². The summed E-state index contributed by atoms with van der Waals surface area (Å²) in [5, 5.41) is 58.2. The van der Waals surface area contributed by atoms with Gasteiger partial charge in [-0.2, -0.15) is 4.98 Å². The second-order valence-electron chi connectivity index (χ2n) is 16.6. The number of nitrogens with two attached hydrogens (primary N) is 2. The van der Waals surface area contributed by atoms with E-state index < -0.39 is 120 Å². The number of benzene rings is 1. The lowest BCUT2D eigenvalue weighted by molar-refractivity contribution is -0.143. The minimum absolute atomic E-state index is 0.0180. The highest BCUT2D eigenvalue weighted by molar-refractivity contribution is 8.76. The third-order valence-corrected chi connectivity index (χ3v) is 12.7. The largest absolute Gasteiger partial charge is 0.481 e. The zero-order valence-corrected chi connectivity index (χ0v) is 43.1. The first-order valence-corrected chi connectivity index (χ1v) is 25.8. The zero-order chi connectivity index (χ0) is 57.3. The first kappa shape index (κ1) is 61.4. The number of carboxylic acid groups (broad SMARTS) is 3. The first-order chi connectivity index (χ1) is 37.1. The predicted molar refractivity (Wildman–Crippen MR) is 280 cm³/mol. The van der Waals surface area contributed by atoms with Gasteiger partial charge in [0.05, 0.1) is 31.3 Å². The van der Waals surface area contributed by atoms with Gasteiger partial charge in [0.2, 0.25) is 41.4 Å². The van der Waals surface area contributed by atoms with Crippen molar-refractivity contribution >= 4 is 110 Å². The van der Waals surface area contributed by atoms with E-state index in [1.807, 2.05) is 0 Å². The fraction of sp³-hybridized carbons (Fsp3) is 0.378. The summed E-state index contributed by atoms with van der Waals surface area (Å²) in [7, 11) is 2.12. The molecule has 0 unspecified atom stereocenters.